The Hall–Kier alpha value is -3.41. The highest BCUT2D eigenvalue weighted by Crippen LogP contribution is 2.36. The minimum Gasteiger partial charge on any atom is -0.309 e. The Morgan fingerprint density at radius 1 is 1.16 bits per heavy atom. The van der Waals surface area contributed by atoms with Gasteiger partial charge in [-0.25, -0.2) is 18.1 Å². The molecule has 0 saturated carbocycles. The lowest BCUT2D eigenvalue weighted by Crippen LogP contribution is -2.33. The number of alkyl halides is 3. The topological polar surface area (TPSA) is 97.2 Å². The number of nitrogens with one attached hydrogen (secondary N) is 1. The molecule has 1 N–H and O–H groups in total. The summed E-state index contributed by atoms with van der Waals surface area (Å²) in [5.74, 6) is -0.161. The number of halogens is 3. The first-order valence-corrected chi connectivity index (χ1v) is 11.0. The van der Waals surface area contributed by atoms with Gasteiger partial charge in [0, 0.05) is 18.7 Å². The summed E-state index contributed by atoms with van der Waals surface area (Å²) in [6, 6.07) is 6.81. The minimum absolute atomic E-state index is 0.0802. The zero-order valence-corrected chi connectivity index (χ0v) is 17.8. The summed E-state index contributed by atoms with van der Waals surface area (Å²) in [4.78, 5) is 17.1. The molecule has 32 heavy (non-hydrogen) atoms. The van der Waals surface area contributed by atoms with Crippen LogP contribution in [0.15, 0.2) is 53.9 Å². The third-order valence-electron chi connectivity index (χ3n) is 5.15. The average molecular weight is 465 g/mol. The Labute approximate surface area is 181 Å². The molecule has 1 amide bonds. The van der Waals surface area contributed by atoms with Crippen LogP contribution in [0.3, 0.4) is 0 Å². The summed E-state index contributed by atoms with van der Waals surface area (Å²) in [6.07, 6.45) is -1.78. The van der Waals surface area contributed by atoms with Gasteiger partial charge in [-0.15, -0.1) is 0 Å². The van der Waals surface area contributed by atoms with Gasteiger partial charge in [0.05, 0.1) is 21.8 Å². The van der Waals surface area contributed by atoms with Gasteiger partial charge in [-0.2, -0.15) is 18.3 Å². The molecule has 0 fully saturated rings. The summed E-state index contributed by atoms with van der Waals surface area (Å²) in [5.41, 5.74) is 0.0440. The van der Waals surface area contributed by atoms with Crippen LogP contribution in [0.2, 0.25) is 0 Å². The van der Waals surface area contributed by atoms with Crippen LogP contribution in [0.5, 0.6) is 0 Å². The molecule has 1 aliphatic rings. The highest BCUT2D eigenvalue weighted by atomic mass is 32.2. The molecule has 0 spiro atoms. The van der Waals surface area contributed by atoms with Crippen molar-refractivity contribution in [3.05, 3.63) is 60.2 Å². The number of benzene rings is 2. The Kier molecular flexibility index (Phi) is 5.19. The second-order valence-corrected chi connectivity index (χ2v) is 9.09. The number of hydrogen-bond donors (Lipinski definition) is 1. The van der Waals surface area contributed by atoms with Gasteiger partial charge in [-0.05, 0) is 55.3 Å². The number of nitrogens with zero attached hydrogens (tertiary/aromatic N) is 4. The van der Waals surface area contributed by atoms with Gasteiger partial charge in [-0.3, -0.25) is 9.52 Å². The summed E-state index contributed by atoms with van der Waals surface area (Å²) >= 11 is 0. The molecule has 8 nitrogen and oxygen atoms in total. The van der Waals surface area contributed by atoms with Gasteiger partial charge in [0.2, 0.25) is 5.91 Å². The van der Waals surface area contributed by atoms with E-state index in [1.165, 1.54) is 37.8 Å². The number of carbonyl (C=O) groups is 1. The molecule has 1 aliphatic heterocycles. The highest BCUT2D eigenvalue weighted by Gasteiger charge is 2.33. The van der Waals surface area contributed by atoms with E-state index < -0.39 is 21.8 Å². The van der Waals surface area contributed by atoms with Crippen molar-refractivity contribution >= 4 is 27.3 Å². The van der Waals surface area contributed by atoms with Crippen molar-refractivity contribution < 1.29 is 26.4 Å². The zero-order chi connectivity index (χ0) is 23.3. The van der Waals surface area contributed by atoms with Crippen molar-refractivity contribution in [2.75, 3.05) is 9.62 Å². The van der Waals surface area contributed by atoms with E-state index in [9.17, 15) is 26.4 Å². The lowest BCUT2D eigenvalue weighted by Gasteiger charge is -2.20. The normalized spacial score (nSPS) is 16.2. The van der Waals surface area contributed by atoms with Crippen molar-refractivity contribution in [1.82, 2.24) is 14.8 Å². The molecule has 1 atom stereocenters. The predicted molar refractivity (Wildman–Crippen MR) is 110 cm³/mol. The second-order valence-electron chi connectivity index (χ2n) is 7.41. The lowest BCUT2D eigenvalue weighted by molar-refractivity contribution is -0.137. The van der Waals surface area contributed by atoms with Crippen LogP contribution in [0.25, 0.3) is 5.69 Å². The van der Waals surface area contributed by atoms with Gasteiger partial charge in [0.1, 0.15) is 12.7 Å². The van der Waals surface area contributed by atoms with E-state index in [-0.39, 0.29) is 28.2 Å². The quantitative estimate of drug-likeness (QED) is 0.637. The number of anilines is 2. The van der Waals surface area contributed by atoms with Crippen molar-refractivity contribution in [2.24, 2.45) is 0 Å². The molecule has 1 unspecified atom stereocenters. The van der Waals surface area contributed by atoms with Crippen LogP contribution in [0, 0.1) is 0 Å². The first-order valence-electron chi connectivity index (χ1n) is 9.49. The summed E-state index contributed by atoms with van der Waals surface area (Å²) in [5, 5.41) is 3.87. The molecular formula is C20H18F3N5O3S. The fraction of sp³-hybridized carbons (Fsp3) is 0.250. The van der Waals surface area contributed by atoms with E-state index in [2.05, 4.69) is 14.8 Å². The van der Waals surface area contributed by atoms with Crippen LogP contribution in [0.4, 0.5) is 24.5 Å². The van der Waals surface area contributed by atoms with Crippen molar-refractivity contribution in [3.63, 3.8) is 0 Å². The number of carbonyl (C=O) groups excluding carboxylic acids is 1. The molecule has 2 aromatic carbocycles. The van der Waals surface area contributed by atoms with Gasteiger partial charge in [-0.1, -0.05) is 0 Å². The number of hydrogen-bond acceptors (Lipinski definition) is 5. The third-order valence-corrected chi connectivity index (χ3v) is 6.51. The second kappa shape index (κ2) is 7.62. The standard InChI is InChI=1S/C20H18F3N5O3S/c1-12-7-14-8-16(4-6-18(14)28(12)13(2)29)32(30,31)26-17-9-15(20(21,22)23)3-5-19(17)27-11-24-10-25-27/h3-6,8-12,26H,7H2,1-2H3. The Morgan fingerprint density at radius 2 is 1.88 bits per heavy atom. The number of sulfonamides is 1. The fourth-order valence-electron chi connectivity index (χ4n) is 3.78. The van der Waals surface area contributed by atoms with Crippen molar-refractivity contribution in [2.45, 2.75) is 37.4 Å². The number of fused-ring (bicyclic) bond motifs is 1. The van der Waals surface area contributed by atoms with E-state index in [1.807, 2.05) is 6.92 Å². The first-order chi connectivity index (χ1) is 15.0. The molecule has 1 aromatic heterocycles. The number of amides is 1. The molecule has 2 heterocycles. The van der Waals surface area contributed by atoms with Crippen LogP contribution in [-0.4, -0.2) is 35.1 Å². The first kappa shape index (κ1) is 21.8. The number of aromatic nitrogens is 3. The maximum atomic E-state index is 13.2. The Balaban J connectivity index is 1.74. The molecule has 0 radical (unpaired) electrons. The third kappa shape index (κ3) is 3.93. The van der Waals surface area contributed by atoms with E-state index in [1.54, 1.807) is 4.90 Å². The molecule has 4 rings (SSSR count). The SMILES string of the molecule is CC(=O)N1c2ccc(S(=O)(=O)Nc3cc(C(F)(F)F)ccc3-n3cncn3)cc2CC1C. The molecule has 0 aliphatic carbocycles. The smallest absolute Gasteiger partial charge is 0.309 e. The molecule has 0 saturated heterocycles. The van der Waals surface area contributed by atoms with Gasteiger partial charge >= 0.3 is 6.18 Å². The van der Waals surface area contributed by atoms with Gasteiger partial charge < -0.3 is 4.90 Å². The average Bonchev–Trinajstić information content (AvgIpc) is 3.33. The predicted octanol–water partition coefficient (Wildman–Crippen LogP) is 3.38. The van der Waals surface area contributed by atoms with E-state index in [0.29, 0.717) is 23.7 Å². The lowest BCUT2D eigenvalue weighted by atomic mass is 10.1. The summed E-state index contributed by atoms with van der Waals surface area (Å²) in [7, 11) is -4.25. The molecule has 168 valence electrons. The maximum absolute atomic E-state index is 13.2. The van der Waals surface area contributed by atoms with Crippen LogP contribution < -0.4 is 9.62 Å². The monoisotopic (exact) mass is 465 g/mol. The van der Waals surface area contributed by atoms with Crippen LogP contribution in [0.1, 0.15) is 25.0 Å². The minimum atomic E-state index is -4.67. The van der Waals surface area contributed by atoms with Crippen LogP contribution >= 0.6 is 0 Å². The van der Waals surface area contributed by atoms with Crippen molar-refractivity contribution in [3.8, 4) is 5.69 Å². The fourth-order valence-corrected chi connectivity index (χ4v) is 4.90. The van der Waals surface area contributed by atoms with E-state index in [4.69, 9.17) is 0 Å². The molecule has 12 heteroatoms. The Morgan fingerprint density at radius 3 is 2.50 bits per heavy atom. The molecular weight excluding hydrogens is 447 g/mol. The molecule has 0 bridgehead atoms. The summed E-state index contributed by atoms with van der Waals surface area (Å²) in [6.45, 7) is 3.28. The summed E-state index contributed by atoms with van der Waals surface area (Å²) < 4.78 is 69.3. The Bertz CT molecular complexity index is 1290. The maximum Gasteiger partial charge on any atom is 0.416 e. The van der Waals surface area contributed by atoms with E-state index in [0.717, 1.165) is 16.8 Å². The number of rotatable bonds is 4. The van der Waals surface area contributed by atoms with Crippen molar-refractivity contribution in [1.29, 1.82) is 0 Å². The molecule has 3 aromatic rings. The van der Waals surface area contributed by atoms with Gasteiger partial charge in [0.15, 0.2) is 0 Å². The largest absolute Gasteiger partial charge is 0.416 e. The van der Waals surface area contributed by atoms with Crippen LogP contribution in [-0.2, 0) is 27.4 Å². The highest BCUT2D eigenvalue weighted by molar-refractivity contribution is 7.92. The zero-order valence-electron chi connectivity index (χ0n) is 17.0. The van der Waals surface area contributed by atoms with E-state index >= 15 is 0 Å². The van der Waals surface area contributed by atoms with Gasteiger partial charge in [0.25, 0.3) is 10.0 Å².